The minimum Gasteiger partial charge on any atom is -0.394 e. The largest absolute Gasteiger partial charge is 0.394 e. The van der Waals surface area contributed by atoms with Gasteiger partial charge in [-0.2, -0.15) is 0 Å². The van der Waals surface area contributed by atoms with Crippen LogP contribution in [0.4, 0.5) is 0 Å². The number of nitrogens with one attached hydrogen (secondary N) is 1. The maximum absolute atomic E-state index is 12.2. The molecule has 1 heterocycles. The fraction of sp³-hybridized carbons (Fsp3) is 0.231. The van der Waals surface area contributed by atoms with Gasteiger partial charge in [0.15, 0.2) is 0 Å². The molecular formula is C13H15NO3S2. The van der Waals surface area contributed by atoms with Crippen molar-refractivity contribution in [1.29, 1.82) is 0 Å². The maximum atomic E-state index is 12.2. The van der Waals surface area contributed by atoms with Gasteiger partial charge in [0.05, 0.1) is 12.6 Å². The number of aryl methyl sites for hydroxylation is 1. The summed E-state index contributed by atoms with van der Waals surface area (Å²) < 4.78 is 27.1. The second-order valence-electron chi connectivity index (χ2n) is 4.13. The van der Waals surface area contributed by atoms with Gasteiger partial charge < -0.3 is 5.11 Å². The molecule has 102 valence electrons. The summed E-state index contributed by atoms with van der Waals surface area (Å²) in [6.07, 6.45) is 0. The molecule has 0 aliphatic heterocycles. The molecule has 0 aliphatic rings. The lowest BCUT2D eigenvalue weighted by Gasteiger charge is -2.16. The van der Waals surface area contributed by atoms with Crippen molar-refractivity contribution in [2.75, 3.05) is 6.61 Å². The average Bonchev–Trinajstić information content (AvgIpc) is 2.85. The van der Waals surface area contributed by atoms with Crippen molar-refractivity contribution in [1.82, 2.24) is 4.72 Å². The van der Waals surface area contributed by atoms with E-state index >= 15 is 0 Å². The molecule has 1 aromatic carbocycles. The molecule has 0 saturated carbocycles. The summed E-state index contributed by atoms with van der Waals surface area (Å²) >= 11 is 1.21. The molecule has 4 nitrogen and oxygen atoms in total. The average molecular weight is 297 g/mol. The highest BCUT2D eigenvalue weighted by atomic mass is 32.2. The molecule has 0 bridgehead atoms. The van der Waals surface area contributed by atoms with Gasteiger partial charge >= 0.3 is 0 Å². The van der Waals surface area contributed by atoms with E-state index < -0.39 is 16.1 Å². The molecule has 1 aromatic heterocycles. The minimum absolute atomic E-state index is 0.263. The molecule has 2 rings (SSSR count). The zero-order valence-electron chi connectivity index (χ0n) is 10.4. The van der Waals surface area contributed by atoms with Crippen molar-refractivity contribution in [3.63, 3.8) is 0 Å². The van der Waals surface area contributed by atoms with Gasteiger partial charge in [-0.3, -0.25) is 0 Å². The van der Waals surface area contributed by atoms with Crippen molar-refractivity contribution < 1.29 is 13.5 Å². The second-order valence-corrected chi connectivity index (χ2v) is 7.36. The Morgan fingerprint density at radius 3 is 2.42 bits per heavy atom. The molecule has 6 heteroatoms. The van der Waals surface area contributed by atoms with E-state index in [0.717, 1.165) is 10.4 Å². The Labute approximate surface area is 116 Å². The lowest BCUT2D eigenvalue weighted by atomic mass is 10.1. The van der Waals surface area contributed by atoms with Crippen molar-refractivity contribution in [3.05, 3.63) is 52.9 Å². The quantitative estimate of drug-likeness (QED) is 0.888. The van der Waals surface area contributed by atoms with Crippen molar-refractivity contribution >= 4 is 21.4 Å². The smallest absolute Gasteiger partial charge is 0.250 e. The van der Waals surface area contributed by atoms with Gasteiger partial charge in [0.2, 0.25) is 0 Å². The van der Waals surface area contributed by atoms with Gasteiger partial charge in [-0.1, -0.05) is 30.3 Å². The maximum Gasteiger partial charge on any atom is 0.250 e. The standard InChI is InChI=1S/C13H15NO3S2/c1-10-7-8-13(18-10)19(16,17)14-12(9-15)11-5-3-2-4-6-11/h2-8,12,14-15H,9H2,1H3/t12-/m1/s1. The fourth-order valence-electron chi connectivity index (χ4n) is 1.70. The zero-order chi connectivity index (χ0) is 13.9. The van der Waals surface area contributed by atoms with Gasteiger partial charge in [-0.05, 0) is 24.6 Å². The first-order chi connectivity index (χ1) is 9.03. The van der Waals surface area contributed by atoms with Crippen LogP contribution in [0.15, 0.2) is 46.7 Å². The molecule has 2 aromatic rings. The Balaban J connectivity index is 2.23. The normalized spacial score (nSPS) is 13.4. The predicted octanol–water partition coefficient (Wildman–Crippen LogP) is 2.07. The number of thiophene rings is 1. The highest BCUT2D eigenvalue weighted by Crippen LogP contribution is 2.23. The summed E-state index contributed by atoms with van der Waals surface area (Å²) in [5.41, 5.74) is 0.738. The van der Waals surface area contributed by atoms with E-state index in [4.69, 9.17) is 0 Å². The van der Waals surface area contributed by atoms with Gasteiger partial charge in [0.1, 0.15) is 4.21 Å². The number of hydrogen-bond acceptors (Lipinski definition) is 4. The van der Waals surface area contributed by atoms with E-state index in [1.54, 1.807) is 24.3 Å². The molecule has 0 spiro atoms. The number of benzene rings is 1. The molecule has 19 heavy (non-hydrogen) atoms. The topological polar surface area (TPSA) is 66.4 Å². The molecule has 0 fully saturated rings. The van der Waals surface area contributed by atoms with Gasteiger partial charge in [0.25, 0.3) is 10.0 Å². The predicted molar refractivity (Wildman–Crippen MR) is 75.6 cm³/mol. The molecule has 2 N–H and O–H groups in total. The van der Waals surface area contributed by atoms with Crippen LogP contribution in [-0.2, 0) is 10.0 Å². The van der Waals surface area contributed by atoms with Gasteiger partial charge in [-0.15, -0.1) is 11.3 Å². The van der Waals surface area contributed by atoms with Crippen LogP contribution in [0.1, 0.15) is 16.5 Å². The number of rotatable bonds is 5. The molecule has 0 unspecified atom stereocenters. The Morgan fingerprint density at radius 2 is 1.89 bits per heavy atom. The van der Waals surface area contributed by atoms with E-state index in [1.165, 1.54) is 11.3 Å². The lowest BCUT2D eigenvalue weighted by molar-refractivity contribution is 0.259. The first kappa shape index (κ1) is 14.2. The van der Waals surface area contributed by atoms with Gasteiger partial charge in [0, 0.05) is 4.88 Å². The van der Waals surface area contributed by atoms with Crippen LogP contribution in [-0.4, -0.2) is 20.1 Å². The zero-order valence-corrected chi connectivity index (χ0v) is 12.0. The van der Waals surface area contributed by atoms with Gasteiger partial charge in [-0.25, -0.2) is 13.1 Å². The number of aliphatic hydroxyl groups excluding tert-OH is 1. The molecule has 0 saturated heterocycles. The van der Waals surface area contributed by atoms with E-state index in [0.29, 0.717) is 0 Å². The van der Waals surface area contributed by atoms with Crippen LogP contribution in [0.3, 0.4) is 0 Å². The number of hydrogen-bond donors (Lipinski definition) is 2. The lowest BCUT2D eigenvalue weighted by Crippen LogP contribution is -2.30. The van der Waals surface area contributed by atoms with Crippen molar-refractivity contribution in [2.24, 2.45) is 0 Å². The monoisotopic (exact) mass is 297 g/mol. The minimum atomic E-state index is -3.59. The molecular weight excluding hydrogens is 282 g/mol. The first-order valence-electron chi connectivity index (χ1n) is 5.77. The summed E-state index contributed by atoms with van der Waals surface area (Å²) in [5.74, 6) is 0. The van der Waals surface area contributed by atoms with Crippen molar-refractivity contribution in [2.45, 2.75) is 17.2 Å². The highest BCUT2D eigenvalue weighted by molar-refractivity contribution is 7.91. The summed E-state index contributed by atoms with van der Waals surface area (Å²) in [7, 11) is -3.59. The van der Waals surface area contributed by atoms with E-state index in [9.17, 15) is 13.5 Å². The Bertz CT molecular complexity index is 635. The van der Waals surface area contributed by atoms with E-state index in [-0.39, 0.29) is 10.8 Å². The summed E-state index contributed by atoms with van der Waals surface area (Å²) in [6, 6.07) is 11.7. The summed E-state index contributed by atoms with van der Waals surface area (Å²) in [5, 5.41) is 9.37. The van der Waals surface area contributed by atoms with Crippen LogP contribution in [0.2, 0.25) is 0 Å². The third-order valence-corrected chi connectivity index (χ3v) is 5.63. The molecule has 1 atom stereocenters. The second kappa shape index (κ2) is 5.83. The number of aliphatic hydroxyl groups is 1. The first-order valence-corrected chi connectivity index (χ1v) is 8.07. The van der Waals surface area contributed by atoms with Crippen LogP contribution in [0, 0.1) is 6.92 Å². The van der Waals surface area contributed by atoms with Crippen LogP contribution in [0.5, 0.6) is 0 Å². The van der Waals surface area contributed by atoms with E-state index in [1.807, 2.05) is 25.1 Å². The Hall–Kier alpha value is -1.21. The third-order valence-electron chi connectivity index (χ3n) is 2.66. The van der Waals surface area contributed by atoms with Crippen LogP contribution < -0.4 is 4.72 Å². The third kappa shape index (κ3) is 3.42. The Morgan fingerprint density at radius 1 is 1.21 bits per heavy atom. The van der Waals surface area contributed by atoms with E-state index in [2.05, 4.69) is 4.72 Å². The molecule has 0 radical (unpaired) electrons. The van der Waals surface area contributed by atoms with Crippen molar-refractivity contribution in [3.8, 4) is 0 Å². The van der Waals surface area contributed by atoms with Crippen LogP contribution >= 0.6 is 11.3 Å². The Kier molecular flexibility index (Phi) is 4.36. The molecule has 0 amide bonds. The summed E-state index contributed by atoms with van der Waals surface area (Å²) in [6.45, 7) is 1.57. The highest BCUT2D eigenvalue weighted by Gasteiger charge is 2.22. The van der Waals surface area contributed by atoms with Crippen LogP contribution in [0.25, 0.3) is 0 Å². The number of sulfonamides is 1. The molecule has 0 aliphatic carbocycles. The SMILES string of the molecule is Cc1ccc(S(=O)(=O)N[C@H](CO)c2ccccc2)s1. The summed E-state index contributed by atoms with van der Waals surface area (Å²) in [4.78, 5) is 0.931. The fourth-order valence-corrected chi connectivity index (χ4v) is 4.21.